The van der Waals surface area contributed by atoms with Gasteiger partial charge in [-0.3, -0.25) is 9.10 Å². The number of para-hydroxylation sites is 1. The van der Waals surface area contributed by atoms with Crippen molar-refractivity contribution in [2.75, 3.05) is 38.4 Å². The molecule has 0 aliphatic rings. The number of aryl methyl sites for hydroxylation is 1. The van der Waals surface area contributed by atoms with E-state index in [1.165, 1.54) is 27.5 Å². The van der Waals surface area contributed by atoms with Crippen LogP contribution in [0.5, 0.6) is 17.2 Å². The molecule has 1 N–H and O–H groups in total. The molecule has 2 aromatic carbocycles. The van der Waals surface area contributed by atoms with Gasteiger partial charge in [-0.1, -0.05) is 18.2 Å². The summed E-state index contributed by atoms with van der Waals surface area (Å²) in [4.78, 5) is 12.3. The minimum Gasteiger partial charge on any atom is -0.493 e. The number of anilines is 1. The van der Waals surface area contributed by atoms with Crippen LogP contribution < -0.4 is 23.9 Å². The van der Waals surface area contributed by atoms with E-state index in [1.54, 1.807) is 43.3 Å². The molecule has 0 radical (unpaired) electrons. The summed E-state index contributed by atoms with van der Waals surface area (Å²) in [5.41, 5.74) is 4.09. The second kappa shape index (κ2) is 9.97. The first-order chi connectivity index (χ1) is 14.2. The first-order valence-corrected chi connectivity index (χ1v) is 10.7. The second-order valence-electron chi connectivity index (χ2n) is 6.31. The number of ether oxygens (including phenoxy) is 3. The minimum atomic E-state index is -3.66. The fourth-order valence-electron chi connectivity index (χ4n) is 2.74. The Bertz CT molecular complexity index is 1010. The number of benzene rings is 2. The van der Waals surface area contributed by atoms with Crippen LogP contribution in [0.25, 0.3) is 0 Å². The Balaban J connectivity index is 2.16. The van der Waals surface area contributed by atoms with Crippen molar-refractivity contribution in [3.8, 4) is 17.2 Å². The third-order valence-corrected chi connectivity index (χ3v) is 5.29. The van der Waals surface area contributed by atoms with Crippen molar-refractivity contribution in [1.29, 1.82) is 0 Å². The molecule has 0 saturated heterocycles. The number of nitrogens with zero attached hydrogens (tertiary/aromatic N) is 2. The second-order valence-corrected chi connectivity index (χ2v) is 8.21. The summed E-state index contributed by atoms with van der Waals surface area (Å²) in [7, 11) is 0.814. The van der Waals surface area contributed by atoms with E-state index in [-0.39, 0.29) is 0 Å². The highest BCUT2D eigenvalue weighted by Gasteiger charge is 2.22. The zero-order valence-corrected chi connectivity index (χ0v) is 18.3. The maximum absolute atomic E-state index is 12.3. The summed E-state index contributed by atoms with van der Waals surface area (Å²) in [5, 5.41) is 3.90. The molecule has 0 aliphatic heterocycles. The van der Waals surface area contributed by atoms with Crippen LogP contribution in [-0.4, -0.2) is 54.7 Å². The van der Waals surface area contributed by atoms with Gasteiger partial charge in [0.2, 0.25) is 15.8 Å². The molecule has 0 unspecified atom stereocenters. The molecule has 0 spiro atoms. The van der Waals surface area contributed by atoms with Gasteiger partial charge in [-0.25, -0.2) is 13.8 Å². The number of amides is 1. The Morgan fingerprint density at radius 3 is 2.20 bits per heavy atom. The molecule has 0 saturated carbocycles. The summed E-state index contributed by atoms with van der Waals surface area (Å²) < 4.78 is 41.2. The van der Waals surface area contributed by atoms with Crippen LogP contribution in [0.4, 0.5) is 5.69 Å². The monoisotopic (exact) mass is 435 g/mol. The minimum absolute atomic E-state index is 0.406. The van der Waals surface area contributed by atoms with Crippen LogP contribution >= 0.6 is 0 Å². The van der Waals surface area contributed by atoms with Gasteiger partial charge in [-0.2, -0.15) is 5.10 Å². The van der Waals surface area contributed by atoms with E-state index in [0.29, 0.717) is 28.5 Å². The van der Waals surface area contributed by atoms with Gasteiger partial charge >= 0.3 is 0 Å². The SMILES string of the molecule is COc1cc(/C=N\NC(=O)CN(c2ccccc2C)S(C)(=O)=O)cc(OC)c1OC. The molecule has 0 bridgehead atoms. The van der Waals surface area contributed by atoms with Crippen molar-refractivity contribution in [2.45, 2.75) is 6.92 Å². The molecule has 9 nitrogen and oxygen atoms in total. The number of methoxy groups -OCH3 is 3. The molecule has 162 valence electrons. The molecule has 10 heteroatoms. The number of nitrogens with one attached hydrogen (secondary N) is 1. The maximum atomic E-state index is 12.3. The number of hydrogen-bond donors (Lipinski definition) is 1. The van der Waals surface area contributed by atoms with Gasteiger partial charge in [0, 0.05) is 5.56 Å². The van der Waals surface area contributed by atoms with Gasteiger partial charge < -0.3 is 14.2 Å². The highest BCUT2D eigenvalue weighted by atomic mass is 32.2. The van der Waals surface area contributed by atoms with E-state index in [2.05, 4.69) is 10.5 Å². The number of sulfonamides is 1. The first-order valence-electron chi connectivity index (χ1n) is 8.86. The average Bonchev–Trinajstić information content (AvgIpc) is 2.71. The predicted molar refractivity (Wildman–Crippen MR) is 115 cm³/mol. The predicted octanol–water partition coefficient (Wildman–Crippen LogP) is 1.94. The van der Waals surface area contributed by atoms with Gasteiger partial charge in [-0.15, -0.1) is 0 Å². The Morgan fingerprint density at radius 2 is 1.70 bits per heavy atom. The number of carbonyl (C=O) groups is 1. The van der Waals surface area contributed by atoms with Crippen molar-refractivity contribution in [3.63, 3.8) is 0 Å². The molecule has 2 aromatic rings. The highest BCUT2D eigenvalue weighted by Crippen LogP contribution is 2.37. The van der Waals surface area contributed by atoms with E-state index in [4.69, 9.17) is 14.2 Å². The fourth-order valence-corrected chi connectivity index (χ4v) is 3.66. The molecule has 0 aromatic heterocycles. The fraction of sp³-hybridized carbons (Fsp3) is 0.300. The molecular formula is C20H25N3O6S. The van der Waals surface area contributed by atoms with Crippen LogP contribution in [0.15, 0.2) is 41.5 Å². The lowest BCUT2D eigenvalue weighted by Gasteiger charge is -2.23. The molecule has 0 aliphatic carbocycles. The number of rotatable bonds is 9. The molecular weight excluding hydrogens is 410 g/mol. The van der Waals surface area contributed by atoms with E-state index >= 15 is 0 Å². The lowest BCUT2D eigenvalue weighted by atomic mass is 10.2. The van der Waals surface area contributed by atoms with Crippen molar-refractivity contribution >= 4 is 27.8 Å². The lowest BCUT2D eigenvalue weighted by molar-refractivity contribution is -0.119. The Morgan fingerprint density at radius 1 is 1.10 bits per heavy atom. The van der Waals surface area contributed by atoms with Crippen LogP contribution in [0.2, 0.25) is 0 Å². The van der Waals surface area contributed by atoms with Crippen LogP contribution in [-0.2, 0) is 14.8 Å². The largest absolute Gasteiger partial charge is 0.493 e. The van der Waals surface area contributed by atoms with Gasteiger partial charge in [0.05, 0.1) is 39.5 Å². The Hall–Kier alpha value is -3.27. The smallest absolute Gasteiger partial charge is 0.260 e. The van der Waals surface area contributed by atoms with E-state index in [1.807, 2.05) is 0 Å². The van der Waals surface area contributed by atoms with Crippen molar-refractivity contribution in [1.82, 2.24) is 5.43 Å². The Kier molecular flexibility index (Phi) is 7.65. The zero-order valence-electron chi connectivity index (χ0n) is 17.5. The third kappa shape index (κ3) is 5.63. The topological polar surface area (TPSA) is 107 Å². The van der Waals surface area contributed by atoms with E-state index in [9.17, 15) is 13.2 Å². The molecule has 1 amide bonds. The van der Waals surface area contributed by atoms with Crippen LogP contribution in [0.1, 0.15) is 11.1 Å². The molecule has 30 heavy (non-hydrogen) atoms. The van der Waals surface area contributed by atoms with Crippen molar-refractivity contribution < 1.29 is 27.4 Å². The molecule has 0 heterocycles. The molecule has 0 atom stereocenters. The maximum Gasteiger partial charge on any atom is 0.260 e. The van der Waals surface area contributed by atoms with Gasteiger partial charge in [0.25, 0.3) is 5.91 Å². The van der Waals surface area contributed by atoms with E-state index < -0.39 is 22.5 Å². The summed E-state index contributed by atoms with van der Waals surface area (Å²) in [6.45, 7) is 1.37. The van der Waals surface area contributed by atoms with Crippen LogP contribution in [0.3, 0.4) is 0 Å². The summed E-state index contributed by atoms with van der Waals surface area (Å²) in [5.74, 6) is 0.718. The number of carbonyl (C=O) groups excluding carboxylic acids is 1. The number of hydrazone groups is 1. The third-order valence-electron chi connectivity index (χ3n) is 4.16. The standard InChI is InChI=1S/C20H25N3O6S/c1-14-8-6-7-9-16(14)23(30(5,25)26)13-19(24)22-21-12-15-10-17(27-2)20(29-4)18(11-15)28-3/h6-12H,13H2,1-5H3,(H,22,24)/b21-12-. The normalized spacial score (nSPS) is 11.2. The van der Waals surface area contributed by atoms with Crippen LogP contribution in [0, 0.1) is 6.92 Å². The van der Waals surface area contributed by atoms with Gasteiger partial charge in [0.1, 0.15) is 6.54 Å². The first kappa shape index (κ1) is 23.0. The molecule has 2 rings (SSSR count). The summed E-state index contributed by atoms with van der Waals surface area (Å²) in [6, 6.07) is 10.2. The zero-order chi connectivity index (χ0) is 22.3. The summed E-state index contributed by atoms with van der Waals surface area (Å²) >= 11 is 0. The van der Waals surface area contributed by atoms with E-state index in [0.717, 1.165) is 16.1 Å². The molecule has 0 fully saturated rings. The average molecular weight is 436 g/mol. The quantitative estimate of drug-likeness (QED) is 0.477. The Labute approximate surface area is 176 Å². The number of hydrogen-bond acceptors (Lipinski definition) is 7. The van der Waals surface area contributed by atoms with Gasteiger partial charge in [-0.05, 0) is 30.7 Å². The lowest BCUT2D eigenvalue weighted by Crippen LogP contribution is -2.39. The van der Waals surface area contributed by atoms with Crippen molar-refractivity contribution in [2.24, 2.45) is 5.10 Å². The van der Waals surface area contributed by atoms with Gasteiger partial charge in [0.15, 0.2) is 11.5 Å². The highest BCUT2D eigenvalue weighted by molar-refractivity contribution is 7.92. The van der Waals surface area contributed by atoms with Crippen molar-refractivity contribution in [3.05, 3.63) is 47.5 Å². The summed E-state index contributed by atoms with van der Waals surface area (Å²) in [6.07, 6.45) is 2.44.